The molecule has 37 heavy (non-hydrogen) atoms. The van der Waals surface area contributed by atoms with Crippen molar-refractivity contribution in [2.75, 3.05) is 19.0 Å². The van der Waals surface area contributed by atoms with Crippen LogP contribution >= 0.6 is 20.3 Å². The molecule has 1 fully saturated rings. The highest BCUT2D eigenvalue weighted by Gasteiger charge is 2.55. The minimum atomic E-state index is -1.44. The van der Waals surface area contributed by atoms with Crippen molar-refractivity contribution in [3.8, 4) is 0 Å². The zero-order valence-corrected chi connectivity index (χ0v) is 22.8. The summed E-state index contributed by atoms with van der Waals surface area (Å²) < 4.78 is 17.3. The van der Waals surface area contributed by atoms with Crippen LogP contribution in [0.4, 0.5) is 0 Å². The van der Waals surface area contributed by atoms with Gasteiger partial charge in [-0.05, 0) is 37.5 Å². The molecule has 10 heteroatoms. The summed E-state index contributed by atoms with van der Waals surface area (Å²) in [4.78, 5) is 40.6. The summed E-state index contributed by atoms with van der Waals surface area (Å²) in [5.41, 5.74) is 2.38. The standard InChI is InChI=1S/C27H31N2O6PS/c1-4-33-36(34-5-2)28-22-25(31)29-23(21(16-18(3)30)17-37-26(22)29)27(32)35-24(19-12-8-6-9-13-19)20-14-10-7-11-15-20/h6-15,22,24,26,28H,4-5,16-17H2,1-3H3. The fourth-order valence-corrected chi connectivity index (χ4v) is 6.92. The molecule has 8 nitrogen and oxygen atoms in total. The number of fused-ring (bicyclic) bond motifs is 1. The molecule has 2 aromatic rings. The van der Waals surface area contributed by atoms with Crippen molar-refractivity contribution < 1.29 is 28.2 Å². The van der Waals surface area contributed by atoms with E-state index < -0.39 is 26.6 Å². The number of Topliss-reactive ketones (excluding diaryl/α,β-unsaturated/α-hetero) is 1. The third kappa shape index (κ3) is 6.30. The first-order valence-electron chi connectivity index (χ1n) is 12.2. The molecular weight excluding hydrogens is 511 g/mol. The predicted molar refractivity (Wildman–Crippen MR) is 143 cm³/mol. The maximum atomic E-state index is 13.8. The van der Waals surface area contributed by atoms with E-state index in [4.69, 9.17) is 13.8 Å². The fourth-order valence-electron chi connectivity index (χ4n) is 4.30. The number of ether oxygens (including phenoxy) is 1. The SMILES string of the molecule is CCOP(NC1C(=O)N2C(C(=O)OC(c3ccccc3)c3ccccc3)=C(CC(C)=O)CSC12)OCC. The summed E-state index contributed by atoms with van der Waals surface area (Å²) in [6.07, 6.45) is -0.583. The Morgan fingerprint density at radius 3 is 2.11 bits per heavy atom. The highest BCUT2D eigenvalue weighted by molar-refractivity contribution is 8.00. The van der Waals surface area contributed by atoms with E-state index in [-0.39, 0.29) is 29.2 Å². The molecule has 1 amide bonds. The highest BCUT2D eigenvalue weighted by Crippen LogP contribution is 2.45. The quantitative estimate of drug-likeness (QED) is 0.234. The molecule has 0 saturated carbocycles. The monoisotopic (exact) mass is 542 g/mol. The van der Waals surface area contributed by atoms with Crippen LogP contribution in [-0.2, 0) is 28.2 Å². The van der Waals surface area contributed by atoms with E-state index in [1.165, 1.54) is 23.6 Å². The first kappa shape index (κ1) is 27.5. The molecule has 2 aromatic carbocycles. The number of thioether (sulfide) groups is 1. The number of hydrogen-bond donors (Lipinski definition) is 1. The van der Waals surface area contributed by atoms with Crippen LogP contribution in [0.25, 0.3) is 0 Å². The topological polar surface area (TPSA) is 94.2 Å². The number of rotatable bonds is 12. The van der Waals surface area contributed by atoms with Gasteiger partial charge < -0.3 is 13.8 Å². The molecule has 0 aliphatic carbocycles. The van der Waals surface area contributed by atoms with E-state index in [1.54, 1.807) is 0 Å². The van der Waals surface area contributed by atoms with Crippen molar-refractivity contribution in [1.82, 2.24) is 9.99 Å². The normalized spacial score (nSPS) is 19.2. The number of β-lactam (4-membered cyclic amide) rings is 1. The Kier molecular flexibility index (Phi) is 9.51. The van der Waals surface area contributed by atoms with Gasteiger partial charge in [-0.1, -0.05) is 60.7 Å². The van der Waals surface area contributed by atoms with Crippen molar-refractivity contribution in [3.63, 3.8) is 0 Å². The highest BCUT2D eigenvalue weighted by atomic mass is 32.2. The lowest BCUT2D eigenvalue weighted by atomic mass is 10.00. The molecule has 0 bridgehead atoms. The van der Waals surface area contributed by atoms with Crippen LogP contribution < -0.4 is 5.09 Å². The Balaban J connectivity index is 1.62. The van der Waals surface area contributed by atoms with Gasteiger partial charge >= 0.3 is 5.97 Å². The van der Waals surface area contributed by atoms with Gasteiger partial charge in [-0.15, -0.1) is 11.8 Å². The third-order valence-electron chi connectivity index (χ3n) is 5.87. The van der Waals surface area contributed by atoms with Crippen molar-refractivity contribution in [1.29, 1.82) is 0 Å². The number of benzene rings is 2. The van der Waals surface area contributed by atoms with Crippen LogP contribution in [0.3, 0.4) is 0 Å². The van der Waals surface area contributed by atoms with E-state index in [2.05, 4.69) is 5.09 Å². The lowest BCUT2D eigenvalue weighted by Gasteiger charge is -2.50. The van der Waals surface area contributed by atoms with Gasteiger partial charge in [-0.25, -0.2) is 9.88 Å². The van der Waals surface area contributed by atoms with Gasteiger partial charge in [0.25, 0.3) is 8.53 Å². The second kappa shape index (κ2) is 12.8. The molecule has 2 unspecified atom stereocenters. The van der Waals surface area contributed by atoms with E-state index in [1.807, 2.05) is 74.5 Å². The van der Waals surface area contributed by atoms with Crippen LogP contribution in [-0.4, -0.2) is 52.9 Å². The molecule has 1 N–H and O–H groups in total. The molecule has 0 radical (unpaired) electrons. The maximum Gasteiger partial charge on any atom is 0.356 e. The fraction of sp³-hybridized carbons (Fsp3) is 0.370. The number of carbonyl (C=O) groups excluding carboxylic acids is 3. The zero-order valence-electron chi connectivity index (χ0n) is 21.1. The summed E-state index contributed by atoms with van der Waals surface area (Å²) in [6, 6.07) is 18.4. The Hall–Kier alpha value is -2.55. The minimum Gasteiger partial charge on any atom is -0.448 e. The second-order valence-corrected chi connectivity index (χ2v) is 10.9. The predicted octanol–water partition coefficient (Wildman–Crippen LogP) is 4.73. The molecule has 2 aliphatic rings. The van der Waals surface area contributed by atoms with Gasteiger partial charge in [0.15, 0.2) is 6.10 Å². The van der Waals surface area contributed by atoms with Crippen molar-refractivity contribution in [2.45, 2.75) is 44.7 Å². The molecule has 2 heterocycles. The maximum absolute atomic E-state index is 13.8. The number of nitrogens with one attached hydrogen (secondary N) is 1. The van der Waals surface area contributed by atoms with E-state index in [0.717, 1.165) is 11.1 Å². The third-order valence-corrected chi connectivity index (χ3v) is 8.68. The van der Waals surface area contributed by atoms with Crippen molar-refractivity contribution >= 4 is 37.9 Å². The van der Waals surface area contributed by atoms with Crippen LogP contribution in [0.15, 0.2) is 71.9 Å². The van der Waals surface area contributed by atoms with E-state index >= 15 is 0 Å². The first-order valence-corrected chi connectivity index (χ1v) is 14.5. The molecule has 196 valence electrons. The van der Waals surface area contributed by atoms with Crippen LogP contribution in [0, 0.1) is 0 Å². The number of nitrogens with zero attached hydrogens (tertiary/aromatic N) is 1. The Morgan fingerprint density at radius 2 is 1.59 bits per heavy atom. The van der Waals surface area contributed by atoms with E-state index in [9.17, 15) is 14.4 Å². The van der Waals surface area contributed by atoms with Gasteiger partial charge in [-0.2, -0.15) is 0 Å². The summed E-state index contributed by atoms with van der Waals surface area (Å²) in [6.45, 7) is 6.09. The van der Waals surface area contributed by atoms with E-state index in [0.29, 0.717) is 24.5 Å². The molecule has 2 atom stereocenters. The second-order valence-electron chi connectivity index (χ2n) is 8.55. The Bertz CT molecular complexity index is 1100. The molecule has 1 saturated heterocycles. The van der Waals surface area contributed by atoms with Gasteiger partial charge in [0.05, 0.1) is 13.2 Å². The Morgan fingerprint density at radius 1 is 1.03 bits per heavy atom. The van der Waals surface area contributed by atoms with Gasteiger partial charge in [-0.3, -0.25) is 14.5 Å². The lowest BCUT2D eigenvalue weighted by molar-refractivity contribution is -0.153. The largest absolute Gasteiger partial charge is 0.448 e. The first-order chi connectivity index (χ1) is 17.9. The number of ketones is 1. The smallest absolute Gasteiger partial charge is 0.356 e. The van der Waals surface area contributed by atoms with Crippen LogP contribution in [0.2, 0.25) is 0 Å². The van der Waals surface area contributed by atoms with Crippen LogP contribution in [0.5, 0.6) is 0 Å². The number of hydrogen-bond acceptors (Lipinski definition) is 8. The van der Waals surface area contributed by atoms with Gasteiger partial charge in [0, 0.05) is 12.2 Å². The Labute approximate surface area is 222 Å². The summed E-state index contributed by atoms with van der Waals surface area (Å²) in [5, 5.41) is 2.85. The molecular formula is C27H31N2O6PS. The van der Waals surface area contributed by atoms with Crippen molar-refractivity contribution in [3.05, 3.63) is 83.1 Å². The van der Waals surface area contributed by atoms with Crippen LogP contribution in [0.1, 0.15) is 44.4 Å². The lowest BCUT2D eigenvalue weighted by Crippen LogP contribution is -2.69. The molecule has 2 aliphatic heterocycles. The van der Waals surface area contributed by atoms with Gasteiger partial charge in [0.1, 0.15) is 22.9 Å². The summed E-state index contributed by atoms with van der Waals surface area (Å²) in [5.74, 6) is -0.531. The zero-order chi connectivity index (χ0) is 26.4. The average molecular weight is 543 g/mol. The number of esters is 1. The minimum absolute atomic E-state index is 0.0813. The summed E-state index contributed by atoms with van der Waals surface area (Å²) >= 11 is 1.51. The number of amides is 1. The molecule has 0 spiro atoms. The van der Waals surface area contributed by atoms with Crippen molar-refractivity contribution in [2.24, 2.45) is 0 Å². The average Bonchev–Trinajstić information content (AvgIpc) is 2.90. The summed E-state index contributed by atoms with van der Waals surface area (Å²) in [7, 11) is -1.44. The number of carbonyl (C=O) groups is 3. The molecule has 0 aromatic heterocycles. The molecule has 4 rings (SSSR count). The van der Waals surface area contributed by atoms with Gasteiger partial charge in [0.2, 0.25) is 5.91 Å².